The Hall–Kier alpha value is -1.26. The van der Waals surface area contributed by atoms with Gasteiger partial charge < -0.3 is 15.3 Å². The Bertz CT molecular complexity index is 314. The molecule has 0 aromatic heterocycles. The van der Waals surface area contributed by atoms with Gasteiger partial charge in [-0.1, -0.05) is 33.1 Å². The van der Waals surface area contributed by atoms with E-state index in [1.54, 1.807) is 11.9 Å². The second-order valence-electron chi connectivity index (χ2n) is 5.68. The van der Waals surface area contributed by atoms with Crippen LogP contribution in [0.1, 0.15) is 46.0 Å². The maximum Gasteiger partial charge on any atom is 0.326 e. The van der Waals surface area contributed by atoms with Crippen LogP contribution in [-0.4, -0.2) is 41.6 Å². The average molecular weight is 270 g/mol. The van der Waals surface area contributed by atoms with Crippen molar-refractivity contribution < 1.29 is 14.7 Å². The Kier molecular flexibility index (Phi) is 6.12. The second-order valence-corrected chi connectivity index (χ2v) is 5.68. The van der Waals surface area contributed by atoms with Gasteiger partial charge in [-0.15, -0.1) is 0 Å². The van der Waals surface area contributed by atoms with E-state index in [0.717, 1.165) is 13.0 Å². The summed E-state index contributed by atoms with van der Waals surface area (Å²) in [5, 5.41) is 11.8. The van der Waals surface area contributed by atoms with E-state index in [-0.39, 0.29) is 11.9 Å². The van der Waals surface area contributed by atoms with E-state index < -0.39 is 12.0 Å². The van der Waals surface area contributed by atoms with Gasteiger partial charge in [0, 0.05) is 13.6 Å². The van der Waals surface area contributed by atoms with Crippen LogP contribution < -0.4 is 5.32 Å². The van der Waals surface area contributed by atoms with Gasteiger partial charge in [-0.3, -0.25) is 0 Å². The molecule has 1 saturated carbocycles. The first-order valence-corrected chi connectivity index (χ1v) is 7.20. The van der Waals surface area contributed by atoms with Crippen LogP contribution in [0.25, 0.3) is 0 Å². The number of hydrogen-bond donors (Lipinski definition) is 2. The molecule has 1 rings (SSSR count). The number of nitrogens with zero attached hydrogens (tertiary/aromatic N) is 1. The fraction of sp³-hybridized carbons (Fsp3) is 0.857. The van der Waals surface area contributed by atoms with Crippen LogP contribution in [-0.2, 0) is 4.79 Å². The smallest absolute Gasteiger partial charge is 0.326 e. The van der Waals surface area contributed by atoms with Crippen LogP contribution in [0.15, 0.2) is 0 Å². The summed E-state index contributed by atoms with van der Waals surface area (Å²) in [6, 6.07) is -1.08. The predicted octanol–water partition coefficient (Wildman–Crippen LogP) is 2.32. The van der Waals surface area contributed by atoms with Crippen molar-refractivity contribution in [3.63, 3.8) is 0 Å². The zero-order valence-electron chi connectivity index (χ0n) is 12.2. The van der Waals surface area contributed by atoms with Crippen molar-refractivity contribution in [3.05, 3.63) is 0 Å². The van der Waals surface area contributed by atoms with Gasteiger partial charge in [0.15, 0.2) is 0 Å². The first-order chi connectivity index (χ1) is 8.95. The number of rotatable bonds is 6. The van der Waals surface area contributed by atoms with Crippen LogP contribution in [0.5, 0.6) is 0 Å². The molecule has 0 saturated heterocycles. The molecular weight excluding hydrogens is 244 g/mol. The van der Waals surface area contributed by atoms with Crippen molar-refractivity contribution in [1.82, 2.24) is 10.2 Å². The molecule has 0 unspecified atom stereocenters. The Morgan fingerprint density at radius 2 is 1.95 bits per heavy atom. The molecule has 0 aromatic carbocycles. The zero-order chi connectivity index (χ0) is 14.4. The predicted molar refractivity (Wildman–Crippen MR) is 74.0 cm³/mol. The summed E-state index contributed by atoms with van der Waals surface area (Å²) in [5.41, 5.74) is 0. The third kappa shape index (κ3) is 4.73. The van der Waals surface area contributed by atoms with Crippen LogP contribution in [0.4, 0.5) is 4.79 Å². The molecule has 19 heavy (non-hydrogen) atoms. The van der Waals surface area contributed by atoms with Crippen LogP contribution in [0, 0.1) is 11.8 Å². The molecule has 0 aromatic rings. The van der Waals surface area contributed by atoms with Gasteiger partial charge in [0.1, 0.15) is 6.04 Å². The van der Waals surface area contributed by atoms with Gasteiger partial charge in [-0.05, 0) is 24.7 Å². The molecule has 0 spiro atoms. The summed E-state index contributed by atoms with van der Waals surface area (Å²) in [6.45, 7) is 4.49. The highest BCUT2D eigenvalue weighted by atomic mass is 16.4. The number of urea groups is 1. The van der Waals surface area contributed by atoms with Crippen LogP contribution in [0.3, 0.4) is 0 Å². The fourth-order valence-corrected chi connectivity index (χ4v) is 2.59. The Balaban J connectivity index is 2.48. The van der Waals surface area contributed by atoms with Gasteiger partial charge in [-0.2, -0.15) is 0 Å². The lowest BCUT2D eigenvalue weighted by atomic mass is 9.99. The number of hydrogen-bond acceptors (Lipinski definition) is 2. The van der Waals surface area contributed by atoms with Crippen LogP contribution in [0.2, 0.25) is 0 Å². The number of nitrogens with one attached hydrogen (secondary N) is 1. The highest BCUT2D eigenvalue weighted by Gasteiger charge is 2.27. The summed E-state index contributed by atoms with van der Waals surface area (Å²) in [4.78, 5) is 24.8. The van der Waals surface area contributed by atoms with E-state index in [9.17, 15) is 9.59 Å². The SMILES string of the molecule is CC[C@H](C)[C@H](NC(=O)N(C)CC1CCCC1)C(=O)O. The van der Waals surface area contributed by atoms with E-state index in [4.69, 9.17) is 5.11 Å². The number of aliphatic carboxylic acids is 1. The van der Waals surface area contributed by atoms with Gasteiger partial charge >= 0.3 is 12.0 Å². The largest absolute Gasteiger partial charge is 0.480 e. The van der Waals surface area contributed by atoms with Gasteiger partial charge in [-0.25, -0.2) is 9.59 Å². The van der Waals surface area contributed by atoms with Crippen molar-refractivity contribution in [2.75, 3.05) is 13.6 Å². The molecule has 1 aliphatic rings. The van der Waals surface area contributed by atoms with E-state index in [1.165, 1.54) is 25.7 Å². The molecule has 2 atom stereocenters. The fourth-order valence-electron chi connectivity index (χ4n) is 2.59. The molecule has 2 amide bonds. The quantitative estimate of drug-likeness (QED) is 0.778. The molecule has 0 aliphatic heterocycles. The minimum atomic E-state index is -0.961. The summed E-state index contributed by atoms with van der Waals surface area (Å²) >= 11 is 0. The standard InChI is InChI=1S/C14H26N2O3/c1-4-10(2)12(13(17)18)15-14(19)16(3)9-11-7-5-6-8-11/h10-12H,4-9H2,1-3H3,(H,15,19)(H,17,18)/t10-,12-/m0/s1. The third-order valence-corrected chi connectivity index (χ3v) is 4.11. The lowest BCUT2D eigenvalue weighted by Crippen LogP contribution is -2.50. The lowest BCUT2D eigenvalue weighted by Gasteiger charge is -2.26. The topological polar surface area (TPSA) is 69.6 Å². The molecule has 5 heteroatoms. The van der Waals surface area contributed by atoms with E-state index in [1.807, 2.05) is 13.8 Å². The van der Waals surface area contributed by atoms with Gasteiger partial charge in [0.25, 0.3) is 0 Å². The Labute approximate surface area is 115 Å². The van der Waals surface area contributed by atoms with E-state index in [2.05, 4.69) is 5.32 Å². The second kappa shape index (κ2) is 7.36. The average Bonchev–Trinajstić information content (AvgIpc) is 2.86. The summed E-state index contributed by atoms with van der Waals surface area (Å²) in [5.74, 6) is -0.457. The molecular formula is C14H26N2O3. The number of carboxylic acid groups (broad SMARTS) is 1. The zero-order valence-corrected chi connectivity index (χ0v) is 12.2. The van der Waals surface area contributed by atoms with E-state index >= 15 is 0 Å². The van der Waals surface area contributed by atoms with Crippen molar-refractivity contribution >= 4 is 12.0 Å². The molecule has 2 N–H and O–H groups in total. The highest BCUT2D eigenvalue weighted by molar-refractivity contribution is 5.82. The Morgan fingerprint density at radius 1 is 1.37 bits per heavy atom. The molecule has 1 fully saturated rings. The maximum atomic E-state index is 12.0. The van der Waals surface area contributed by atoms with Crippen LogP contribution >= 0.6 is 0 Å². The van der Waals surface area contributed by atoms with Gasteiger partial charge in [0.05, 0.1) is 0 Å². The monoisotopic (exact) mass is 270 g/mol. The van der Waals surface area contributed by atoms with Crippen molar-refractivity contribution in [3.8, 4) is 0 Å². The summed E-state index contributed by atoms with van der Waals surface area (Å²) in [7, 11) is 1.74. The normalized spacial score (nSPS) is 18.9. The minimum absolute atomic E-state index is 0.0682. The first kappa shape index (κ1) is 15.8. The first-order valence-electron chi connectivity index (χ1n) is 7.20. The molecule has 0 radical (unpaired) electrons. The number of amides is 2. The van der Waals surface area contributed by atoms with Crippen molar-refractivity contribution in [2.45, 2.75) is 52.0 Å². The Morgan fingerprint density at radius 3 is 2.42 bits per heavy atom. The van der Waals surface area contributed by atoms with Gasteiger partial charge in [0.2, 0.25) is 0 Å². The number of carbonyl (C=O) groups excluding carboxylic acids is 1. The summed E-state index contributed by atoms with van der Waals surface area (Å²) < 4.78 is 0. The third-order valence-electron chi connectivity index (χ3n) is 4.11. The molecule has 5 nitrogen and oxygen atoms in total. The molecule has 0 heterocycles. The van der Waals surface area contributed by atoms with Crippen molar-refractivity contribution in [1.29, 1.82) is 0 Å². The van der Waals surface area contributed by atoms with Crippen molar-refractivity contribution in [2.24, 2.45) is 11.8 Å². The lowest BCUT2D eigenvalue weighted by molar-refractivity contribution is -0.140. The molecule has 0 bridgehead atoms. The van der Waals surface area contributed by atoms with E-state index in [0.29, 0.717) is 5.92 Å². The molecule has 1 aliphatic carbocycles. The molecule has 110 valence electrons. The minimum Gasteiger partial charge on any atom is -0.480 e. The number of carboxylic acids is 1. The highest BCUT2D eigenvalue weighted by Crippen LogP contribution is 2.25. The maximum absolute atomic E-state index is 12.0. The number of carbonyl (C=O) groups is 2. The summed E-state index contributed by atoms with van der Waals surface area (Å²) in [6.07, 6.45) is 5.55.